The van der Waals surface area contributed by atoms with Crippen LogP contribution in [0.25, 0.3) is 0 Å². The van der Waals surface area contributed by atoms with Gasteiger partial charge in [0.05, 0.1) is 0 Å². The third-order valence-corrected chi connectivity index (χ3v) is 1.14. The summed E-state index contributed by atoms with van der Waals surface area (Å²) >= 11 is 3.05. The molecule has 0 saturated carbocycles. The van der Waals surface area contributed by atoms with Gasteiger partial charge in [-0.15, -0.1) is 4.99 Å². The van der Waals surface area contributed by atoms with Gasteiger partial charge in [0.25, 0.3) is 0 Å². The van der Waals surface area contributed by atoms with Crippen LogP contribution < -0.4 is 0 Å². The van der Waals surface area contributed by atoms with Crippen molar-refractivity contribution in [1.82, 2.24) is 0 Å². The second-order valence-electron chi connectivity index (χ2n) is 1.28. The molecule has 46 valence electrons. The highest BCUT2D eigenvalue weighted by Crippen LogP contribution is 2.19. The van der Waals surface area contributed by atoms with E-state index in [-0.39, 0.29) is 5.88 Å². The molecule has 0 radical (unpaired) electrons. The zero-order valence-corrected chi connectivity index (χ0v) is 5.88. The first-order valence-corrected chi connectivity index (χ1v) is 2.95. The van der Waals surface area contributed by atoms with E-state index < -0.39 is 0 Å². The van der Waals surface area contributed by atoms with Crippen LogP contribution in [0.4, 0.5) is 5.88 Å². The van der Waals surface area contributed by atoms with Gasteiger partial charge in [-0.05, 0) is 22.0 Å². The lowest BCUT2D eigenvalue weighted by Crippen LogP contribution is -1.48. The molecular weight excluding hydrogens is 186 g/mol. The molecule has 0 saturated heterocycles. The van der Waals surface area contributed by atoms with E-state index in [0.29, 0.717) is 4.67 Å². The van der Waals surface area contributed by atoms with Gasteiger partial charge in [-0.3, -0.25) is 0 Å². The molecule has 9 heavy (non-hydrogen) atoms. The van der Waals surface area contributed by atoms with Crippen LogP contribution >= 0.6 is 15.9 Å². The SMILES string of the molecule is O=C=Nc1ccc(Br)o1. The molecule has 3 nitrogen and oxygen atoms in total. The summed E-state index contributed by atoms with van der Waals surface area (Å²) in [4.78, 5) is 12.8. The van der Waals surface area contributed by atoms with Gasteiger partial charge in [-0.1, -0.05) is 0 Å². The molecule has 0 N–H and O–H groups in total. The topological polar surface area (TPSA) is 42.6 Å². The molecule has 0 aliphatic carbocycles. The second-order valence-corrected chi connectivity index (χ2v) is 2.06. The second kappa shape index (κ2) is 2.62. The number of rotatable bonds is 1. The van der Waals surface area contributed by atoms with E-state index in [4.69, 9.17) is 4.42 Å². The Kier molecular flexibility index (Phi) is 1.82. The van der Waals surface area contributed by atoms with Crippen molar-refractivity contribution >= 4 is 27.9 Å². The van der Waals surface area contributed by atoms with Crippen molar-refractivity contribution in [3.05, 3.63) is 16.8 Å². The van der Waals surface area contributed by atoms with E-state index >= 15 is 0 Å². The predicted molar refractivity (Wildman–Crippen MR) is 34.2 cm³/mol. The van der Waals surface area contributed by atoms with Gasteiger partial charge >= 0.3 is 0 Å². The van der Waals surface area contributed by atoms with E-state index in [2.05, 4.69) is 20.9 Å². The summed E-state index contributed by atoms with van der Waals surface area (Å²) in [6, 6.07) is 3.21. The van der Waals surface area contributed by atoms with Crippen LogP contribution in [-0.4, -0.2) is 6.08 Å². The Balaban J connectivity index is 2.97. The zero-order valence-electron chi connectivity index (χ0n) is 4.30. The lowest BCUT2D eigenvalue weighted by Gasteiger charge is -1.75. The van der Waals surface area contributed by atoms with Crippen molar-refractivity contribution in [3.8, 4) is 0 Å². The highest BCUT2D eigenvalue weighted by Gasteiger charge is 1.93. The van der Waals surface area contributed by atoms with Gasteiger partial charge in [-0.25, -0.2) is 4.79 Å². The van der Waals surface area contributed by atoms with E-state index in [1.165, 1.54) is 6.08 Å². The number of isocyanates is 1. The van der Waals surface area contributed by atoms with Crippen LogP contribution in [0.3, 0.4) is 0 Å². The molecule has 1 aromatic rings. The summed E-state index contributed by atoms with van der Waals surface area (Å²) in [5, 5.41) is 0. The monoisotopic (exact) mass is 187 g/mol. The lowest BCUT2D eigenvalue weighted by molar-refractivity contribution is 0.542. The number of furan rings is 1. The Morgan fingerprint density at radius 2 is 2.44 bits per heavy atom. The van der Waals surface area contributed by atoms with Crippen molar-refractivity contribution in [2.24, 2.45) is 4.99 Å². The summed E-state index contributed by atoms with van der Waals surface area (Å²) in [5.74, 6) is 0.261. The van der Waals surface area contributed by atoms with Gasteiger partial charge in [-0.2, -0.15) is 0 Å². The maximum Gasteiger partial charge on any atom is 0.243 e. The molecular formula is C5H2BrNO2. The van der Waals surface area contributed by atoms with Crippen LogP contribution in [0.1, 0.15) is 0 Å². The van der Waals surface area contributed by atoms with Crippen LogP contribution in [0.15, 0.2) is 26.2 Å². The van der Waals surface area contributed by atoms with Crippen molar-refractivity contribution < 1.29 is 9.21 Å². The molecule has 0 amide bonds. The van der Waals surface area contributed by atoms with Crippen LogP contribution in [0.2, 0.25) is 0 Å². The summed E-state index contributed by atoms with van der Waals surface area (Å²) in [7, 11) is 0. The lowest BCUT2D eigenvalue weighted by atomic mass is 10.6. The number of hydrogen-bond donors (Lipinski definition) is 0. The van der Waals surface area contributed by atoms with Crippen LogP contribution in [0, 0.1) is 0 Å². The fourth-order valence-electron chi connectivity index (χ4n) is 0.410. The molecule has 0 spiro atoms. The Morgan fingerprint density at radius 1 is 1.67 bits per heavy atom. The first kappa shape index (κ1) is 6.26. The minimum absolute atomic E-state index is 0.261. The molecule has 0 atom stereocenters. The number of nitrogens with zero attached hydrogens (tertiary/aromatic N) is 1. The number of carbonyl (C=O) groups excluding carboxylic acids is 1. The number of aliphatic imine (C=N–C) groups is 1. The average molecular weight is 188 g/mol. The zero-order chi connectivity index (χ0) is 6.69. The van der Waals surface area contributed by atoms with Crippen molar-refractivity contribution in [2.75, 3.05) is 0 Å². The molecule has 1 heterocycles. The molecule has 0 aliphatic rings. The molecule has 0 unspecified atom stereocenters. The molecule has 4 heteroatoms. The third kappa shape index (κ3) is 1.52. The van der Waals surface area contributed by atoms with E-state index in [1.54, 1.807) is 12.1 Å². The highest BCUT2D eigenvalue weighted by molar-refractivity contribution is 9.10. The highest BCUT2D eigenvalue weighted by atomic mass is 79.9. The smallest absolute Gasteiger partial charge is 0.243 e. The maximum absolute atomic E-state index is 9.62. The third-order valence-electron chi connectivity index (χ3n) is 0.715. The quantitative estimate of drug-likeness (QED) is 0.499. The summed E-state index contributed by atoms with van der Waals surface area (Å²) in [6.07, 6.45) is 1.36. The Morgan fingerprint density at radius 3 is 2.89 bits per heavy atom. The summed E-state index contributed by atoms with van der Waals surface area (Å²) < 4.78 is 5.36. The van der Waals surface area contributed by atoms with Crippen molar-refractivity contribution in [1.29, 1.82) is 0 Å². The number of hydrogen-bond acceptors (Lipinski definition) is 3. The first-order valence-electron chi connectivity index (χ1n) is 2.16. The van der Waals surface area contributed by atoms with Gasteiger partial charge in [0.2, 0.25) is 12.0 Å². The average Bonchev–Trinajstić information content (AvgIpc) is 2.17. The van der Waals surface area contributed by atoms with Crippen molar-refractivity contribution in [3.63, 3.8) is 0 Å². The molecule has 0 bridgehead atoms. The Hall–Kier alpha value is -0.860. The molecule has 1 aromatic heterocycles. The van der Waals surface area contributed by atoms with E-state index in [1.807, 2.05) is 0 Å². The van der Waals surface area contributed by atoms with Crippen LogP contribution in [-0.2, 0) is 4.79 Å². The first-order chi connectivity index (χ1) is 4.33. The summed E-state index contributed by atoms with van der Waals surface area (Å²) in [6.45, 7) is 0. The molecule has 0 aliphatic heterocycles. The fraction of sp³-hybridized carbons (Fsp3) is 0. The normalized spacial score (nSPS) is 8.56. The van der Waals surface area contributed by atoms with Gasteiger partial charge in [0.15, 0.2) is 4.67 Å². The maximum atomic E-state index is 9.62. The molecule has 0 fully saturated rings. The number of halogens is 1. The van der Waals surface area contributed by atoms with E-state index in [9.17, 15) is 4.79 Å². The fourth-order valence-corrected chi connectivity index (χ4v) is 0.708. The Bertz CT molecular complexity index is 249. The standard InChI is InChI=1S/C5H2BrNO2/c6-4-1-2-5(9-4)7-3-8/h1-2H. The van der Waals surface area contributed by atoms with Gasteiger partial charge in [0, 0.05) is 6.07 Å². The molecule has 1 rings (SSSR count). The summed E-state index contributed by atoms with van der Waals surface area (Å²) in [5.41, 5.74) is 0. The minimum atomic E-state index is 0.261. The van der Waals surface area contributed by atoms with E-state index in [0.717, 1.165) is 0 Å². The predicted octanol–water partition coefficient (Wildman–Crippen LogP) is 2.01. The van der Waals surface area contributed by atoms with Crippen LogP contribution in [0.5, 0.6) is 0 Å². The Labute approximate surface area is 59.5 Å². The minimum Gasteiger partial charge on any atom is -0.431 e. The van der Waals surface area contributed by atoms with Crippen molar-refractivity contribution in [2.45, 2.75) is 0 Å². The van der Waals surface area contributed by atoms with Gasteiger partial charge in [0.1, 0.15) is 0 Å². The molecule has 0 aromatic carbocycles. The largest absolute Gasteiger partial charge is 0.431 e. The van der Waals surface area contributed by atoms with Gasteiger partial charge < -0.3 is 4.42 Å².